The highest BCUT2D eigenvalue weighted by atomic mass is 31.1. The molecule has 0 heterocycles. The van der Waals surface area contributed by atoms with Crippen molar-refractivity contribution < 1.29 is 9.53 Å². The van der Waals surface area contributed by atoms with Crippen molar-refractivity contribution in [2.45, 2.75) is 52.4 Å². The maximum absolute atomic E-state index is 13.2. The Morgan fingerprint density at radius 3 is 1.65 bits per heavy atom. The summed E-state index contributed by atoms with van der Waals surface area (Å²) in [5, 5.41) is 14.8. The van der Waals surface area contributed by atoms with Crippen LogP contribution in [0.5, 0.6) is 0 Å². The average molecular weight is 369 g/mol. The number of unbranched alkanes of at least 4 members (excludes halogenated alkanes) is 2. The molecule has 3 nitrogen and oxygen atoms in total. The molecule has 0 aliphatic rings. The molecule has 0 aliphatic heterocycles. The largest absolute Gasteiger partial charge is 0.616 e. The normalized spacial score (nSPS) is 10.7. The number of hydrogen-bond acceptors (Lipinski definition) is 2. The van der Waals surface area contributed by atoms with Gasteiger partial charge >= 0.3 is 5.65 Å². The maximum Gasteiger partial charge on any atom is 0.425 e. The van der Waals surface area contributed by atoms with Crippen LogP contribution in [0, 0.1) is 5.21 Å². The monoisotopic (exact) mass is 369 g/mol. The van der Waals surface area contributed by atoms with Crippen molar-refractivity contribution in [3.63, 3.8) is 0 Å². The van der Waals surface area contributed by atoms with E-state index < -0.39 is 7.92 Å². The van der Waals surface area contributed by atoms with Crippen molar-refractivity contribution >= 4 is 29.9 Å². The zero-order valence-corrected chi connectivity index (χ0v) is 16.6. The van der Waals surface area contributed by atoms with Crippen LogP contribution in [0.4, 0.5) is 4.79 Å². The molecule has 0 bridgehead atoms. The van der Waals surface area contributed by atoms with Gasteiger partial charge in [-0.05, 0) is 23.5 Å². The second kappa shape index (κ2) is 10.9. The molecule has 0 atom stereocenters. The third kappa shape index (κ3) is 5.51. The van der Waals surface area contributed by atoms with E-state index in [1.807, 2.05) is 60.7 Å². The lowest BCUT2D eigenvalue weighted by Crippen LogP contribution is -2.27. The van der Waals surface area contributed by atoms with E-state index in [0.29, 0.717) is 12.8 Å². The van der Waals surface area contributed by atoms with Crippen LogP contribution in [-0.4, -0.2) is 16.1 Å². The van der Waals surface area contributed by atoms with Gasteiger partial charge in [-0.3, -0.25) is 0 Å². The highest BCUT2D eigenvalue weighted by Gasteiger charge is 2.31. The van der Waals surface area contributed by atoms with E-state index in [1.54, 1.807) is 0 Å². The Hall–Kier alpha value is -1.99. The fraction of sp³-hybridized carbons (Fsp3) is 0.364. The average Bonchev–Trinajstić information content (AvgIpc) is 2.69. The number of carbonyl (C=O) groups is 1. The van der Waals surface area contributed by atoms with E-state index in [0.717, 1.165) is 46.7 Å². The molecule has 2 aromatic carbocycles. The topological polar surface area (TPSA) is 43.1 Å². The van der Waals surface area contributed by atoms with Crippen LogP contribution in [0.25, 0.3) is 0 Å². The molecule has 2 aromatic rings. The van der Waals surface area contributed by atoms with Crippen LogP contribution in [0.3, 0.4) is 0 Å². The Labute approximate surface area is 158 Å². The van der Waals surface area contributed by atoms with Crippen molar-refractivity contribution in [1.82, 2.24) is 0 Å². The summed E-state index contributed by atoms with van der Waals surface area (Å²) in [6.45, 7) is 4.21. The fourth-order valence-electron chi connectivity index (χ4n) is 2.84. The first kappa shape index (κ1) is 20.3. The summed E-state index contributed by atoms with van der Waals surface area (Å²) in [6, 6.07) is 19.4. The number of hydrogen-bond donors (Lipinski definition) is 0. The van der Waals surface area contributed by atoms with Gasteiger partial charge < -0.3 is 5.21 Å². The standard InChI is InChI=1S/C22H28NO2P/c1-3-5-13-19(14-6-4-2)23(25)22(24)26(20-15-9-7-10-16-20)21-17-11-8-12-18-21/h7-12,15-18H,3-6,13-14H2,1-2H3. The van der Waals surface area contributed by atoms with Gasteiger partial charge in [0, 0.05) is 12.8 Å². The maximum atomic E-state index is 13.2. The molecule has 0 spiro atoms. The first-order valence-electron chi connectivity index (χ1n) is 9.45. The zero-order valence-electron chi connectivity index (χ0n) is 15.7. The molecular formula is C22H28NO2P. The number of benzene rings is 2. The summed E-state index contributed by atoms with van der Waals surface area (Å²) in [6.07, 6.45) is 5.34. The third-order valence-corrected chi connectivity index (χ3v) is 6.51. The van der Waals surface area contributed by atoms with Crippen LogP contribution in [0.15, 0.2) is 60.7 Å². The Bertz CT molecular complexity index is 664. The highest BCUT2D eigenvalue weighted by molar-refractivity contribution is 7.87. The first-order chi connectivity index (χ1) is 12.7. The van der Waals surface area contributed by atoms with Gasteiger partial charge in [0.2, 0.25) is 0 Å². The van der Waals surface area contributed by atoms with Crippen LogP contribution in [0.2, 0.25) is 0 Å². The second-order valence-electron chi connectivity index (χ2n) is 6.36. The van der Waals surface area contributed by atoms with Gasteiger partial charge in [-0.15, -0.1) is 4.74 Å². The van der Waals surface area contributed by atoms with Crippen LogP contribution in [0.1, 0.15) is 52.4 Å². The number of carbonyl (C=O) groups excluding carboxylic acids is 1. The molecule has 4 heteroatoms. The van der Waals surface area contributed by atoms with Gasteiger partial charge in [0.1, 0.15) is 7.92 Å². The Morgan fingerprint density at radius 1 is 0.846 bits per heavy atom. The highest BCUT2D eigenvalue weighted by Crippen LogP contribution is 2.36. The molecule has 0 aromatic heterocycles. The van der Waals surface area contributed by atoms with Gasteiger partial charge in [-0.2, -0.15) is 0 Å². The Morgan fingerprint density at radius 2 is 1.27 bits per heavy atom. The lowest BCUT2D eigenvalue weighted by Gasteiger charge is -2.17. The molecule has 0 aliphatic carbocycles. The van der Waals surface area contributed by atoms with Crippen LogP contribution in [-0.2, 0) is 0 Å². The number of hydroxylamine groups is 1. The van der Waals surface area contributed by atoms with Crippen molar-refractivity contribution in [3.8, 4) is 0 Å². The fourth-order valence-corrected chi connectivity index (χ4v) is 4.84. The first-order valence-corrected chi connectivity index (χ1v) is 10.8. The summed E-state index contributed by atoms with van der Waals surface area (Å²) >= 11 is 0. The van der Waals surface area contributed by atoms with E-state index in [9.17, 15) is 10.0 Å². The minimum atomic E-state index is -1.36. The summed E-state index contributed by atoms with van der Waals surface area (Å²) < 4.78 is 0.719. The Kier molecular flexibility index (Phi) is 8.50. The predicted octanol–water partition coefficient (Wildman–Crippen LogP) is 5.57. The van der Waals surface area contributed by atoms with Gasteiger partial charge in [0.15, 0.2) is 5.71 Å². The van der Waals surface area contributed by atoms with E-state index in [2.05, 4.69) is 13.8 Å². The lowest BCUT2D eigenvalue weighted by atomic mass is 10.1. The van der Waals surface area contributed by atoms with Crippen LogP contribution >= 0.6 is 7.92 Å². The van der Waals surface area contributed by atoms with Crippen molar-refractivity contribution in [2.75, 3.05) is 0 Å². The van der Waals surface area contributed by atoms with Crippen molar-refractivity contribution in [3.05, 3.63) is 65.9 Å². The number of amides is 1. The zero-order chi connectivity index (χ0) is 18.8. The summed E-state index contributed by atoms with van der Waals surface area (Å²) in [4.78, 5) is 13.2. The molecule has 0 unspecified atom stereocenters. The molecule has 0 saturated carbocycles. The summed E-state index contributed by atoms with van der Waals surface area (Å²) in [5.41, 5.74) is 0.415. The second-order valence-corrected chi connectivity index (χ2v) is 8.44. The van der Waals surface area contributed by atoms with E-state index in [4.69, 9.17) is 0 Å². The summed E-state index contributed by atoms with van der Waals surface area (Å²) in [7, 11) is -1.36. The number of rotatable bonds is 9. The van der Waals surface area contributed by atoms with E-state index in [-0.39, 0.29) is 5.65 Å². The predicted molar refractivity (Wildman–Crippen MR) is 112 cm³/mol. The quantitative estimate of drug-likeness (QED) is 0.191. The van der Waals surface area contributed by atoms with E-state index >= 15 is 0 Å². The molecule has 0 fully saturated rings. The Balaban J connectivity index is 2.42. The number of nitrogens with zero attached hydrogens (tertiary/aromatic N) is 1. The van der Waals surface area contributed by atoms with Crippen LogP contribution < -0.4 is 10.6 Å². The molecule has 26 heavy (non-hydrogen) atoms. The summed E-state index contributed by atoms with van der Waals surface area (Å²) in [5.74, 6) is 0. The minimum absolute atomic E-state index is 0.320. The molecule has 0 radical (unpaired) electrons. The molecule has 138 valence electrons. The molecular weight excluding hydrogens is 341 g/mol. The van der Waals surface area contributed by atoms with Gasteiger partial charge in [-0.25, -0.2) is 4.79 Å². The SMILES string of the molecule is CCCCC(CCCC)=[N+]([O-])C(=O)P(c1ccccc1)c1ccccc1. The van der Waals surface area contributed by atoms with Gasteiger partial charge in [-0.1, -0.05) is 87.4 Å². The minimum Gasteiger partial charge on any atom is -0.616 e. The molecule has 1 amide bonds. The van der Waals surface area contributed by atoms with Crippen molar-refractivity contribution in [1.29, 1.82) is 0 Å². The molecule has 0 saturated heterocycles. The van der Waals surface area contributed by atoms with Gasteiger partial charge in [0.25, 0.3) is 0 Å². The van der Waals surface area contributed by atoms with E-state index in [1.165, 1.54) is 0 Å². The smallest absolute Gasteiger partial charge is 0.425 e. The van der Waals surface area contributed by atoms with Gasteiger partial charge in [0.05, 0.1) is 0 Å². The van der Waals surface area contributed by atoms with Crippen molar-refractivity contribution in [2.24, 2.45) is 0 Å². The molecule has 2 rings (SSSR count). The third-order valence-electron chi connectivity index (χ3n) is 4.32. The molecule has 0 N–H and O–H groups in total. The lowest BCUT2D eigenvalue weighted by molar-refractivity contribution is -0.341.